The maximum absolute atomic E-state index is 15.0. The zero-order valence-electron chi connectivity index (χ0n) is 22.0. The van der Waals surface area contributed by atoms with Gasteiger partial charge in [0, 0.05) is 61.6 Å². The number of nitrogens with zero attached hydrogens (tertiary/aromatic N) is 1. The molecule has 4 rings (SSSR count). The average Bonchev–Trinajstić information content (AvgIpc) is 2.94. The molecule has 2 aromatic rings. The summed E-state index contributed by atoms with van der Waals surface area (Å²) >= 11 is 7.92. The van der Waals surface area contributed by atoms with Crippen molar-refractivity contribution >= 4 is 35.1 Å². The zero-order valence-corrected chi connectivity index (χ0v) is 23.6. The Morgan fingerprint density at radius 3 is 2.66 bits per heavy atom. The van der Waals surface area contributed by atoms with Gasteiger partial charge in [0.25, 0.3) is 0 Å². The number of hydrogen-bond donors (Lipinski definition) is 2. The van der Waals surface area contributed by atoms with Gasteiger partial charge in [-0.2, -0.15) is 0 Å². The first kappa shape index (κ1) is 29.3. The molecule has 5 nitrogen and oxygen atoms in total. The topological polar surface area (TPSA) is 53.6 Å². The molecule has 2 aromatic carbocycles. The summed E-state index contributed by atoms with van der Waals surface area (Å²) in [7, 11) is 0. The van der Waals surface area contributed by atoms with Crippen LogP contribution < -0.4 is 10.6 Å². The number of nitrogens with one attached hydrogen (secondary N) is 2. The summed E-state index contributed by atoms with van der Waals surface area (Å²) in [5, 5.41) is 6.80. The summed E-state index contributed by atoms with van der Waals surface area (Å²) < 4.78 is 37.9. The van der Waals surface area contributed by atoms with E-state index in [-0.39, 0.29) is 41.5 Å². The molecule has 0 spiro atoms. The van der Waals surface area contributed by atoms with Crippen molar-refractivity contribution in [1.82, 2.24) is 9.62 Å². The Bertz CT molecular complexity index is 1050. The number of ether oxygens (including phenoxy) is 1. The lowest BCUT2D eigenvalue weighted by Gasteiger charge is -2.35. The van der Waals surface area contributed by atoms with Gasteiger partial charge in [-0.25, -0.2) is 13.1 Å². The van der Waals surface area contributed by atoms with Crippen LogP contribution in [0.4, 0.5) is 14.5 Å². The van der Waals surface area contributed by atoms with Crippen molar-refractivity contribution in [3.8, 4) is 0 Å². The molecule has 2 aliphatic heterocycles. The SMILES string of the molecule is CCCSN1CCNCC1CCc1c(F)ccc(F)c1NC(=O)CC(c1ccc(Cl)cc1)C1CCOCC1. The van der Waals surface area contributed by atoms with Gasteiger partial charge in [0.1, 0.15) is 11.6 Å². The predicted molar refractivity (Wildman–Crippen MR) is 152 cm³/mol. The summed E-state index contributed by atoms with van der Waals surface area (Å²) in [6.45, 7) is 6.11. The number of benzene rings is 2. The lowest BCUT2D eigenvalue weighted by atomic mass is 9.79. The molecule has 2 unspecified atom stereocenters. The van der Waals surface area contributed by atoms with Crippen molar-refractivity contribution in [1.29, 1.82) is 0 Å². The number of halogens is 3. The van der Waals surface area contributed by atoms with E-state index in [1.54, 1.807) is 0 Å². The number of anilines is 1. The third kappa shape index (κ3) is 7.92. The predicted octanol–water partition coefficient (Wildman–Crippen LogP) is 6.42. The molecule has 9 heteroatoms. The van der Waals surface area contributed by atoms with E-state index in [9.17, 15) is 4.79 Å². The molecule has 0 aromatic heterocycles. The average molecular weight is 566 g/mol. The Morgan fingerprint density at radius 1 is 1.18 bits per heavy atom. The normalized spacial score (nSPS) is 19.8. The molecular weight excluding hydrogens is 528 g/mol. The molecule has 2 N–H and O–H groups in total. The Balaban J connectivity index is 1.48. The summed E-state index contributed by atoms with van der Waals surface area (Å²) in [6, 6.07) is 10.0. The Kier molecular flexibility index (Phi) is 11.3. The highest BCUT2D eigenvalue weighted by Gasteiger charge is 2.29. The van der Waals surface area contributed by atoms with Gasteiger partial charge in [0.15, 0.2) is 0 Å². The van der Waals surface area contributed by atoms with E-state index in [0.717, 1.165) is 62.3 Å². The van der Waals surface area contributed by atoms with Crippen LogP contribution in [0.2, 0.25) is 5.02 Å². The first-order chi connectivity index (χ1) is 18.5. The lowest BCUT2D eigenvalue weighted by molar-refractivity contribution is -0.117. The third-order valence-electron chi connectivity index (χ3n) is 7.49. The molecular formula is C29H38ClF2N3O2S. The van der Waals surface area contributed by atoms with Crippen LogP contribution in [0, 0.1) is 17.6 Å². The molecule has 0 bridgehead atoms. The van der Waals surface area contributed by atoms with E-state index in [0.29, 0.717) is 31.1 Å². The van der Waals surface area contributed by atoms with E-state index in [4.69, 9.17) is 16.3 Å². The van der Waals surface area contributed by atoms with Gasteiger partial charge in [0.2, 0.25) is 5.91 Å². The minimum atomic E-state index is -0.608. The molecule has 0 saturated carbocycles. The molecule has 208 valence electrons. The highest BCUT2D eigenvalue weighted by Crippen LogP contribution is 2.36. The van der Waals surface area contributed by atoms with Gasteiger partial charge in [-0.3, -0.25) is 4.79 Å². The number of carbonyl (C=O) groups is 1. The second-order valence-corrected chi connectivity index (χ2v) is 11.7. The van der Waals surface area contributed by atoms with Crippen LogP contribution in [0.1, 0.15) is 56.1 Å². The van der Waals surface area contributed by atoms with Crippen LogP contribution in [-0.4, -0.2) is 54.9 Å². The first-order valence-corrected chi connectivity index (χ1v) is 15.0. The van der Waals surface area contributed by atoms with Crippen molar-refractivity contribution in [2.24, 2.45) is 5.92 Å². The minimum Gasteiger partial charge on any atom is -0.381 e. The fourth-order valence-corrected chi connectivity index (χ4v) is 6.58. The molecule has 2 fully saturated rings. The molecule has 2 heterocycles. The van der Waals surface area contributed by atoms with E-state index >= 15 is 8.78 Å². The monoisotopic (exact) mass is 565 g/mol. The van der Waals surface area contributed by atoms with Crippen molar-refractivity contribution < 1.29 is 18.3 Å². The molecule has 0 aliphatic carbocycles. The third-order valence-corrected chi connectivity index (χ3v) is 9.15. The molecule has 1 amide bonds. The maximum Gasteiger partial charge on any atom is 0.225 e. The highest BCUT2D eigenvalue weighted by atomic mass is 35.5. The van der Waals surface area contributed by atoms with Crippen LogP contribution in [0.15, 0.2) is 36.4 Å². The molecule has 2 saturated heterocycles. The molecule has 0 radical (unpaired) electrons. The number of piperazine rings is 1. The number of carbonyl (C=O) groups excluding carboxylic acids is 1. The second kappa shape index (κ2) is 14.6. The molecule has 2 atom stereocenters. The van der Waals surface area contributed by atoms with E-state index in [1.807, 2.05) is 36.2 Å². The van der Waals surface area contributed by atoms with Gasteiger partial charge in [-0.05, 0) is 73.8 Å². The van der Waals surface area contributed by atoms with Gasteiger partial charge in [-0.1, -0.05) is 42.6 Å². The van der Waals surface area contributed by atoms with Crippen LogP contribution in [0.5, 0.6) is 0 Å². The Morgan fingerprint density at radius 2 is 1.92 bits per heavy atom. The summed E-state index contributed by atoms with van der Waals surface area (Å²) in [5.41, 5.74) is 1.22. The van der Waals surface area contributed by atoms with E-state index in [1.165, 1.54) is 0 Å². The second-order valence-electron chi connectivity index (χ2n) is 10.1. The number of hydrogen-bond acceptors (Lipinski definition) is 5. The zero-order chi connectivity index (χ0) is 26.9. The van der Waals surface area contributed by atoms with Gasteiger partial charge >= 0.3 is 0 Å². The van der Waals surface area contributed by atoms with Gasteiger partial charge in [-0.15, -0.1) is 0 Å². The summed E-state index contributed by atoms with van der Waals surface area (Å²) in [4.78, 5) is 13.3. The fraction of sp³-hybridized carbons (Fsp3) is 0.552. The van der Waals surface area contributed by atoms with Gasteiger partial charge < -0.3 is 15.4 Å². The van der Waals surface area contributed by atoms with Crippen molar-refractivity contribution in [2.75, 3.05) is 43.9 Å². The summed E-state index contributed by atoms with van der Waals surface area (Å²) in [5.74, 6) is -0.179. The standard InChI is InChI=1S/C29H38ClF2N3O2S/c1-2-17-38-35-14-13-33-19-23(35)7-8-24-26(31)9-10-27(32)29(24)34-28(36)18-25(21-11-15-37-16-12-21)20-3-5-22(30)6-4-20/h3-6,9-10,21,23,25,33H,2,7-8,11-19H2,1H3,(H,34,36). The van der Waals surface area contributed by atoms with Crippen molar-refractivity contribution in [3.63, 3.8) is 0 Å². The minimum absolute atomic E-state index is 0.0339. The van der Waals surface area contributed by atoms with Gasteiger partial charge in [0.05, 0.1) is 5.69 Å². The van der Waals surface area contributed by atoms with Crippen LogP contribution in [-0.2, 0) is 16.0 Å². The van der Waals surface area contributed by atoms with Crippen molar-refractivity contribution in [2.45, 2.75) is 57.4 Å². The number of rotatable bonds is 11. The maximum atomic E-state index is 15.0. The Hall–Kier alpha value is -1.71. The van der Waals surface area contributed by atoms with E-state index in [2.05, 4.69) is 21.9 Å². The lowest BCUT2D eigenvalue weighted by Crippen LogP contribution is -2.48. The highest BCUT2D eigenvalue weighted by molar-refractivity contribution is 7.97. The Labute approximate surface area is 234 Å². The molecule has 38 heavy (non-hydrogen) atoms. The number of amides is 1. The van der Waals surface area contributed by atoms with Crippen LogP contribution >= 0.6 is 23.5 Å². The van der Waals surface area contributed by atoms with Crippen molar-refractivity contribution in [3.05, 3.63) is 64.2 Å². The largest absolute Gasteiger partial charge is 0.381 e. The quantitative estimate of drug-likeness (QED) is 0.308. The van der Waals surface area contributed by atoms with Crippen LogP contribution in [0.3, 0.4) is 0 Å². The summed E-state index contributed by atoms with van der Waals surface area (Å²) in [6.07, 6.45) is 3.97. The first-order valence-electron chi connectivity index (χ1n) is 13.7. The van der Waals surface area contributed by atoms with Crippen LogP contribution in [0.25, 0.3) is 0 Å². The van der Waals surface area contributed by atoms with E-state index < -0.39 is 11.6 Å². The fourth-order valence-electron chi connectivity index (χ4n) is 5.43. The smallest absolute Gasteiger partial charge is 0.225 e. The molecule has 2 aliphatic rings.